The highest BCUT2D eigenvalue weighted by molar-refractivity contribution is 5.24. The maximum absolute atomic E-state index is 12.8. The number of benzene rings is 1. The van der Waals surface area contributed by atoms with Gasteiger partial charge < -0.3 is 19.5 Å². The van der Waals surface area contributed by atoms with Crippen LogP contribution in [0.15, 0.2) is 47.4 Å². The van der Waals surface area contributed by atoms with Gasteiger partial charge in [-0.15, -0.1) is 0 Å². The van der Waals surface area contributed by atoms with Gasteiger partial charge in [-0.05, 0) is 45.6 Å². The molecule has 208 valence electrons. The first-order valence-corrected chi connectivity index (χ1v) is 14.9. The lowest BCUT2D eigenvalue weighted by atomic mass is 10.1. The third-order valence-corrected chi connectivity index (χ3v) is 6.90. The molecule has 0 aliphatic heterocycles. The van der Waals surface area contributed by atoms with Gasteiger partial charge in [0.2, 0.25) is 5.43 Å². The Kier molecular flexibility index (Phi) is 16.8. The van der Waals surface area contributed by atoms with Crippen LogP contribution in [0, 0.1) is 0 Å². The summed E-state index contributed by atoms with van der Waals surface area (Å²) in [6, 6.07) is 12.1. The largest absolute Gasteiger partial charge is 0.488 e. The summed E-state index contributed by atoms with van der Waals surface area (Å²) in [5, 5.41) is 3.50. The van der Waals surface area contributed by atoms with E-state index in [1.54, 1.807) is 6.07 Å². The molecule has 0 saturated heterocycles. The van der Waals surface area contributed by atoms with Gasteiger partial charge >= 0.3 is 0 Å². The second-order valence-corrected chi connectivity index (χ2v) is 10.7. The van der Waals surface area contributed by atoms with Crippen molar-refractivity contribution < 1.29 is 4.74 Å². The number of hydrogen-bond acceptors (Lipinski definition) is 4. The molecule has 0 aliphatic rings. The van der Waals surface area contributed by atoms with Crippen LogP contribution >= 0.6 is 0 Å². The molecular formula is C32H53N3O2. The van der Waals surface area contributed by atoms with Crippen molar-refractivity contribution in [3.63, 3.8) is 0 Å². The molecule has 0 amide bonds. The van der Waals surface area contributed by atoms with Crippen molar-refractivity contribution in [2.45, 2.75) is 103 Å². The topological polar surface area (TPSA) is 46.5 Å². The van der Waals surface area contributed by atoms with Gasteiger partial charge in [0.05, 0.1) is 12.8 Å². The summed E-state index contributed by atoms with van der Waals surface area (Å²) in [6.07, 6.45) is 18.8. The van der Waals surface area contributed by atoms with Gasteiger partial charge in [-0.25, -0.2) is 0 Å². The Balaban J connectivity index is 1.76. The molecule has 0 aliphatic carbocycles. The Bertz CT molecular complexity index is 879. The van der Waals surface area contributed by atoms with E-state index in [4.69, 9.17) is 4.74 Å². The first-order valence-electron chi connectivity index (χ1n) is 14.9. The van der Waals surface area contributed by atoms with Gasteiger partial charge in [0.25, 0.3) is 0 Å². The molecule has 1 aromatic carbocycles. The zero-order chi connectivity index (χ0) is 26.6. The molecule has 0 spiro atoms. The van der Waals surface area contributed by atoms with Crippen molar-refractivity contribution >= 4 is 0 Å². The molecule has 2 rings (SSSR count). The highest BCUT2D eigenvalue weighted by atomic mass is 16.5. The second-order valence-electron chi connectivity index (χ2n) is 10.7. The molecule has 0 bridgehead atoms. The van der Waals surface area contributed by atoms with E-state index in [-0.39, 0.29) is 5.43 Å². The minimum Gasteiger partial charge on any atom is -0.488 e. The van der Waals surface area contributed by atoms with Crippen LogP contribution in [-0.4, -0.2) is 43.3 Å². The highest BCUT2D eigenvalue weighted by Gasteiger charge is 2.09. The van der Waals surface area contributed by atoms with Crippen molar-refractivity contribution in [1.29, 1.82) is 0 Å². The predicted molar refractivity (Wildman–Crippen MR) is 158 cm³/mol. The van der Waals surface area contributed by atoms with E-state index in [9.17, 15) is 4.79 Å². The lowest BCUT2D eigenvalue weighted by molar-refractivity contribution is 0.298. The van der Waals surface area contributed by atoms with Crippen LogP contribution < -0.4 is 15.5 Å². The monoisotopic (exact) mass is 511 g/mol. The van der Waals surface area contributed by atoms with E-state index >= 15 is 0 Å². The lowest BCUT2D eigenvalue weighted by Crippen LogP contribution is -2.24. The summed E-state index contributed by atoms with van der Waals surface area (Å²) >= 11 is 0. The first kappa shape index (κ1) is 31.1. The molecular weight excluding hydrogens is 458 g/mol. The Morgan fingerprint density at radius 1 is 0.838 bits per heavy atom. The summed E-state index contributed by atoms with van der Waals surface area (Å²) < 4.78 is 8.13. The van der Waals surface area contributed by atoms with Gasteiger partial charge in [-0.3, -0.25) is 4.79 Å². The third kappa shape index (κ3) is 14.4. The number of ether oxygens (including phenoxy) is 1. The van der Waals surface area contributed by atoms with Crippen LogP contribution in [0.1, 0.15) is 102 Å². The fourth-order valence-corrected chi connectivity index (χ4v) is 4.64. The summed E-state index contributed by atoms with van der Waals surface area (Å²) in [4.78, 5) is 15.0. The van der Waals surface area contributed by atoms with E-state index in [0.29, 0.717) is 18.9 Å². The van der Waals surface area contributed by atoms with Crippen LogP contribution in [0.25, 0.3) is 0 Å². The lowest BCUT2D eigenvalue weighted by Gasteiger charge is -2.17. The molecule has 1 aromatic heterocycles. The maximum Gasteiger partial charge on any atom is 0.223 e. The van der Waals surface area contributed by atoms with Crippen LogP contribution in [0.2, 0.25) is 0 Å². The number of nitrogens with zero attached hydrogens (tertiary/aromatic N) is 2. The Morgan fingerprint density at radius 2 is 1.46 bits per heavy atom. The zero-order valence-corrected chi connectivity index (χ0v) is 24.0. The van der Waals surface area contributed by atoms with Gasteiger partial charge in [0.15, 0.2) is 5.75 Å². The minimum absolute atomic E-state index is 0.0201. The SMILES string of the molecule is CCCCCCCCCCCCCCOc1cn(Cc2ccccc2)c(CNCCCN(C)C)cc1=O. The normalized spacial score (nSPS) is 11.4. The fraction of sp³-hybridized carbons (Fsp3) is 0.656. The molecule has 0 radical (unpaired) electrons. The Labute approximate surface area is 226 Å². The molecule has 37 heavy (non-hydrogen) atoms. The number of pyridine rings is 1. The molecule has 5 heteroatoms. The summed E-state index contributed by atoms with van der Waals surface area (Å²) in [5.41, 5.74) is 2.19. The first-order chi connectivity index (χ1) is 18.1. The van der Waals surface area contributed by atoms with Gasteiger partial charge in [0, 0.05) is 24.8 Å². The van der Waals surface area contributed by atoms with Gasteiger partial charge in [0.1, 0.15) is 0 Å². The van der Waals surface area contributed by atoms with Gasteiger partial charge in [-0.2, -0.15) is 0 Å². The van der Waals surface area contributed by atoms with Gasteiger partial charge in [-0.1, -0.05) is 108 Å². The van der Waals surface area contributed by atoms with E-state index < -0.39 is 0 Å². The number of unbranched alkanes of at least 4 members (excludes halogenated alkanes) is 11. The fourth-order valence-electron chi connectivity index (χ4n) is 4.64. The number of aromatic nitrogens is 1. The molecule has 0 saturated carbocycles. The van der Waals surface area contributed by atoms with Crippen LogP contribution in [0.3, 0.4) is 0 Å². The predicted octanol–water partition coefficient (Wildman–Crippen LogP) is 7.02. The summed E-state index contributed by atoms with van der Waals surface area (Å²) in [7, 11) is 4.18. The quantitative estimate of drug-likeness (QED) is 0.173. The van der Waals surface area contributed by atoms with Crippen molar-refractivity contribution in [1.82, 2.24) is 14.8 Å². The average Bonchev–Trinajstić information content (AvgIpc) is 2.89. The van der Waals surface area contributed by atoms with Crippen LogP contribution in [0.4, 0.5) is 0 Å². The molecule has 1 heterocycles. The van der Waals surface area contributed by atoms with Crippen molar-refractivity contribution in [3.8, 4) is 5.75 Å². The standard InChI is InChI=1S/C32H53N3O2/c1-4-5-6-7-8-9-10-11-12-13-14-18-24-37-32-28-35(27-29-20-16-15-17-21-29)30(25-31(32)36)26-33-22-19-23-34(2)3/h15-17,20-21,25,28,33H,4-14,18-19,22-24,26-27H2,1-3H3. The molecule has 0 fully saturated rings. The third-order valence-electron chi connectivity index (χ3n) is 6.90. The van der Waals surface area contributed by atoms with E-state index in [0.717, 1.165) is 38.2 Å². The van der Waals surface area contributed by atoms with Crippen molar-refractivity contribution in [2.24, 2.45) is 0 Å². The van der Waals surface area contributed by atoms with Crippen LogP contribution in [-0.2, 0) is 13.1 Å². The number of hydrogen-bond donors (Lipinski definition) is 1. The van der Waals surface area contributed by atoms with Crippen LogP contribution in [0.5, 0.6) is 5.75 Å². The zero-order valence-electron chi connectivity index (χ0n) is 24.0. The maximum atomic E-state index is 12.8. The summed E-state index contributed by atoms with van der Waals surface area (Å²) in [6.45, 7) is 6.26. The summed E-state index contributed by atoms with van der Waals surface area (Å²) in [5.74, 6) is 0.468. The Morgan fingerprint density at radius 3 is 2.08 bits per heavy atom. The Hall–Kier alpha value is -2.11. The minimum atomic E-state index is -0.0201. The highest BCUT2D eigenvalue weighted by Crippen LogP contribution is 2.14. The molecule has 0 unspecified atom stereocenters. The van der Waals surface area contributed by atoms with Crippen molar-refractivity contribution in [3.05, 3.63) is 64.1 Å². The van der Waals surface area contributed by atoms with E-state index in [1.807, 2.05) is 12.3 Å². The molecule has 0 atom stereocenters. The average molecular weight is 512 g/mol. The number of rotatable bonds is 22. The van der Waals surface area contributed by atoms with E-state index in [1.165, 1.54) is 76.2 Å². The second kappa shape index (κ2) is 19.9. The molecule has 1 N–H and O–H groups in total. The molecule has 2 aromatic rings. The number of nitrogens with one attached hydrogen (secondary N) is 1. The van der Waals surface area contributed by atoms with E-state index in [2.05, 4.69) is 60.1 Å². The van der Waals surface area contributed by atoms with Crippen molar-refractivity contribution in [2.75, 3.05) is 33.8 Å². The smallest absolute Gasteiger partial charge is 0.223 e. The molecule has 5 nitrogen and oxygen atoms in total.